The lowest BCUT2D eigenvalue weighted by Gasteiger charge is -2.32. The third-order valence-corrected chi connectivity index (χ3v) is 2.90. The van der Waals surface area contributed by atoms with Crippen LogP contribution < -0.4 is 10.2 Å². The van der Waals surface area contributed by atoms with E-state index in [1.807, 2.05) is 4.90 Å². The minimum atomic E-state index is -0.122. The molecule has 2 heterocycles. The Bertz CT molecular complexity index is 373. The van der Waals surface area contributed by atoms with Crippen molar-refractivity contribution < 1.29 is 19.0 Å². The molecule has 1 saturated heterocycles. The van der Waals surface area contributed by atoms with Crippen LogP contribution in [0.5, 0.6) is 0 Å². The van der Waals surface area contributed by atoms with Crippen LogP contribution in [0.3, 0.4) is 0 Å². The number of rotatable bonds is 7. The molecule has 0 aromatic carbocycles. The normalized spacial score (nSPS) is 19.9. The van der Waals surface area contributed by atoms with Gasteiger partial charge in [-0.25, -0.2) is 0 Å². The maximum atomic E-state index is 9.29. The van der Waals surface area contributed by atoms with E-state index in [0.29, 0.717) is 44.8 Å². The number of aliphatic hydroxyl groups excluding tert-OH is 1. The summed E-state index contributed by atoms with van der Waals surface area (Å²) in [4.78, 5) is 1.88. The van der Waals surface area contributed by atoms with Gasteiger partial charge in [-0.2, -0.15) is 0 Å². The molecule has 2 N–H and O–H groups in total. The minimum Gasteiger partial charge on any atom is -0.407 e. The van der Waals surface area contributed by atoms with Gasteiger partial charge in [0.2, 0.25) is 5.89 Å². The second-order valence-corrected chi connectivity index (χ2v) is 4.25. The zero-order chi connectivity index (χ0) is 13.5. The fourth-order valence-electron chi connectivity index (χ4n) is 1.86. The molecular formula is C11H20N4O4. The van der Waals surface area contributed by atoms with Crippen LogP contribution in [0.15, 0.2) is 4.42 Å². The molecule has 8 nitrogen and oxygen atoms in total. The number of methoxy groups -OCH3 is 1. The Balaban J connectivity index is 1.88. The summed E-state index contributed by atoms with van der Waals surface area (Å²) in [5.41, 5.74) is 0. The SMILES string of the molecule is COCCNCc1nnc(N2CCOCC2CO)o1. The van der Waals surface area contributed by atoms with Gasteiger partial charge in [-0.3, -0.25) is 0 Å². The average Bonchev–Trinajstić information content (AvgIpc) is 2.92. The summed E-state index contributed by atoms with van der Waals surface area (Å²) in [6, 6.07) is 0.314. The standard InChI is InChI=1S/C11H20N4O4/c1-17-4-2-12-6-10-13-14-11(19-10)15-3-5-18-8-9(15)7-16/h9,12,16H,2-8H2,1H3. The van der Waals surface area contributed by atoms with Crippen LogP contribution in [0.4, 0.5) is 6.01 Å². The zero-order valence-electron chi connectivity index (χ0n) is 11.0. The molecule has 1 aromatic heterocycles. The predicted octanol–water partition coefficient (Wildman–Crippen LogP) is -0.997. The van der Waals surface area contributed by atoms with Crippen molar-refractivity contribution in [2.75, 3.05) is 51.5 Å². The molecule has 1 aliphatic heterocycles. The molecule has 108 valence electrons. The molecule has 1 fully saturated rings. The molecule has 19 heavy (non-hydrogen) atoms. The first-order valence-electron chi connectivity index (χ1n) is 6.32. The van der Waals surface area contributed by atoms with E-state index in [9.17, 15) is 5.11 Å². The third kappa shape index (κ3) is 3.87. The van der Waals surface area contributed by atoms with Crippen molar-refractivity contribution >= 4 is 6.01 Å². The summed E-state index contributed by atoms with van der Waals surface area (Å²) in [7, 11) is 1.65. The molecule has 1 aromatic rings. The number of hydrogen-bond acceptors (Lipinski definition) is 8. The number of aliphatic hydroxyl groups is 1. The van der Waals surface area contributed by atoms with Gasteiger partial charge < -0.3 is 29.2 Å². The first-order chi connectivity index (χ1) is 9.35. The largest absolute Gasteiger partial charge is 0.407 e. The molecule has 0 saturated carbocycles. The van der Waals surface area contributed by atoms with Crippen LogP contribution in [-0.4, -0.2) is 68.0 Å². The van der Waals surface area contributed by atoms with Gasteiger partial charge >= 0.3 is 6.01 Å². The van der Waals surface area contributed by atoms with Gasteiger partial charge in [0.05, 0.1) is 39.0 Å². The first kappa shape index (κ1) is 14.2. The molecule has 1 aliphatic rings. The quantitative estimate of drug-likeness (QED) is 0.611. The van der Waals surface area contributed by atoms with E-state index in [1.165, 1.54) is 0 Å². The first-order valence-corrected chi connectivity index (χ1v) is 6.32. The highest BCUT2D eigenvalue weighted by Crippen LogP contribution is 2.17. The van der Waals surface area contributed by atoms with Crippen LogP contribution in [0.1, 0.15) is 5.89 Å². The number of ether oxygens (including phenoxy) is 2. The molecule has 0 bridgehead atoms. The van der Waals surface area contributed by atoms with Gasteiger partial charge in [-0.1, -0.05) is 5.10 Å². The second kappa shape index (κ2) is 7.39. The van der Waals surface area contributed by atoms with E-state index in [-0.39, 0.29) is 12.6 Å². The second-order valence-electron chi connectivity index (χ2n) is 4.25. The molecule has 0 radical (unpaired) electrons. The van der Waals surface area contributed by atoms with Crippen LogP contribution >= 0.6 is 0 Å². The summed E-state index contributed by atoms with van der Waals surface area (Å²) in [6.07, 6.45) is 0. The van der Waals surface area contributed by atoms with Crippen molar-refractivity contribution in [3.8, 4) is 0 Å². The molecule has 8 heteroatoms. The van der Waals surface area contributed by atoms with Crippen molar-refractivity contribution in [1.29, 1.82) is 0 Å². The lowest BCUT2D eigenvalue weighted by atomic mass is 10.2. The summed E-state index contributed by atoms with van der Waals surface area (Å²) in [6.45, 7) is 3.58. The van der Waals surface area contributed by atoms with Crippen molar-refractivity contribution in [1.82, 2.24) is 15.5 Å². The Kier molecular flexibility index (Phi) is 5.52. The summed E-state index contributed by atoms with van der Waals surface area (Å²) in [5, 5.41) is 20.4. The van der Waals surface area contributed by atoms with E-state index in [0.717, 1.165) is 6.54 Å². The van der Waals surface area contributed by atoms with E-state index < -0.39 is 0 Å². The molecule has 0 aliphatic carbocycles. The number of hydrogen-bond donors (Lipinski definition) is 2. The van der Waals surface area contributed by atoms with Gasteiger partial charge in [0, 0.05) is 20.2 Å². The minimum absolute atomic E-state index is 0.00377. The highest BCUT2D eigenvalue weighted by Gasteiger charge is 2.26. The number of nitrogens with zero attached hydrogens (tertiary/aromatic N) is 3. The van der Waals surface area contributed by atoms with E-state index in [2.05, 4.69) is 15.5 Å². The van der Waals surface area contributed by atoms with E-state index in [4.69, 9.17) is 13.9 Å². The lowest BCUT2D eigenvalue weighted by molar-refractivity contribution is 0.0697. The molecule has 1 unspecified atom stereocenters. The summed E-state index contributed by atoms with van der Waals surface area (Å²) in [5.74, 6) is 0.522. The fraction of sp³-hybridized carbons (Fsp3) is 0.818. The monoisotopic (exact) mass is 272 g/mol. The topological polar surface area (TPSA) is 92.9 Å². The molecule has 0 amide bonds. The third-order valence-electron chi connectivity index (χ3n) is 2.90. The number of anilines is 1. The smallest absolute Gasteiger partial charge is 0.318 e. The number of nitrogens with one attached hydrogen (secondary N) is 1. The van der Waals surface area contributed by atoms with Gasteiger partial charge in [-0.05, 0) is 0 Å². The predicted molar refractivity (Wildman–Crippen MR) is 66.9 cm³/mol. The Labute approximate surface area is 111 Å². The van der Waals surface area contributed by atoms with Crippen molar-refractivity contribution in [3.63, 3.8) is 0 Å². The maximum Gasteiger partial charge on any atom is 0.318 e. The van der Waals surface area contributed by atoms with Gasteiger partial charge in [0.1, 0.15) is 0 Å². The Morgan fingerprint density at radius 3 is 3.21 bits per heavy atom. The van der Waals surface area contributed by atoms with Crippen LogP contribution in [0.25, 0.3) is 0 Å². The van der Waals surface area contributed by atoms with E-state index in [1.54, 1.807) is 7.11 Å². The van der Waals surface area contributed by atoms with Crippen LogP contribution in [0, 0.1) is 0 Å². The summed E-state index contributed by atoms with van der Waals surface area (Å²) < 4.78 is 15.8. The van der Waals surface area contributed by atoms with Gasteiger partial charge in [0.15, 0.2) is 0 Å². The lowest BCUT2D eigenvalue weighted by Crippen LogP contribution is -2.47. The van der Waals surface area contributed by atoms with Crippen molar-refractivity contribution in [2.45, 2.75) is 12.6 Å². The van der Waals surface area contributed by atoms with Crippen LogP contribution in [0.2, 0.25) is 0 Å². The Morgan fingerprint density at radius 2 is 2.42 bits per heavy atom. The van der Waals surface area contributed by atoms with Gasteiger partial charge in [0.25, 0.3) is 0 Å². The van der Waals surface area contributed by atoms with Gasteiger partial charge in [-0.15, -0.1) is 5.10 Å². The maximum absolute atomic E-state index is 9.29. The Hall–Kier alpha value is -1.22. The molecule has 2 rings (SSSR count). The summed E-state index contributed by atoms with van der Waals surface area (Å²) >= 11 is 0. The van der Waals surface area contributed by atoms with Crippen molar-refractivity contribution in [3.05, 3.63) is 5.89 Å². The number of aromatic nitrogens is 2. The van der Waals surface area contributed by atoms with Crippen molar-refractivity contribution in [2.24, 2.45) is 0 Å². The fourth-order valence-corrected chi connectivity index (χ4v) is 1.86. The molecular weight excluding hydrogens is 252 g/mol. The highest BCUT2D eigenvalue weighted by atomic mass is 16.5. The Morgan fingerprint density at radius 1 is 1.53 bits per heavy atom. The average molecular weight is 272 g/mol. The van der Waals surface area contributed by atoms with Crippen LogP contribution in [-0.2, 0) is 16.0 Å². The molecule has 1 atom stereocenters. The zero-order valence-corrected chi connectivity index (χ0v) is 11.0. The molecule has 0 spiro atoms. The highest BCUT2D eigenvalue weighted by molar-refractivity contribution is 5.27. The van der Waals surface area contributed by atoms with E-state index >= 15 is 0 Å². The number of morpholine rings is 1.